The van der Waals surface area contributed by atoms with Crippen LogP contribution in [0.15, 0.2) is 18.2 Å². The number of rotatable bonds is 3. The molecule has 98 valence electrons. The molecule has 0 bridgehead atoms. The van der Waals surface area contributed by atoms with Crippen LogP contribution in [0.5, 0.6) is 0 Å². The highest BCUT2D eigenvalue weighted by Gasteiger charge is 2.23. The molecule has 1 aromatic rings. The van der Waals surface area contributed by atoms with Crippen molar-refractivity contribution in [3.63, 3.8) is 0 Å². The van der Waals surface area contributed by atoms with E-state index in [0.29, 0.717) is 24.7 Å². The molecule has 1 saturated heterocycles. The zero-order valence-corrected chi connectivity index (χ0v) is 11.3. The zero-order valence-electron chi connectivity index (χ0n) is 9.73. The van der Waals surface area contributed by atoms with Crippen LogP contribution in [0.3, 0.4) is 0 Å². The Morgan fingerprint density at radius 3 is 3.11 bits per heavy atom. The summed E-state index contributed by atoms with van der Waals surface area (Å²) in [5.41, 5.74) is 6.33. The first-order valence-electron chi connectivity index (χ1n) is 5.64. The van der Waals surface area contributed by atoms with Crippen LogP contribution in [-0.4, -0.2) is 35.7 Å². The molecule has 0 radical (unpaired) electrons. The summed E-state index contributed by atoms with van der Waals surface area (Å²) in [7, 11) is 0. The number of benzene rings is 1. The third kappa shape index (κ3) is 3.17. The fourth-order valence-electron chi connectivity index (χ4n) is 1.93. The van der Waals surface area contributed by atoms with E-state index in [1.54, 1.807) is 6.07 Å². The van der Waals surface area contributed by atoms with E-state index in [9.17, 15) is 4.39 Å². The Balaban J connectivity index is 2.05. The molecule has 3 nitrogen and oxygen atoms in total. The quantitative estimate of drug-likeness (QED) is 0.863. The van der Waals surface area contributed by atoms with Crippen LogP contribution in [0.25, 0.3) is 0 Å². The number of hydrogen-bond acceptors (Lipinski definition) is 3. The van der Waals surface area contributed by atoms with Gasteiger partial charge in [0.05, 0.1) is 11.6 Å². The molecule has 1 aliphatic heterocycles. The van der Waals surface area contributed by atoms with E-state index in [4.69, 9.17) is 34.3 Å². The van der Waals surface area contributed by atoms with Crippen LogP contribution in [0.2, 0.25) is 5.02 Å². The molecule has 0 saturated carbocycles. The molecule has 0 spiro atoms. The summed E-state index contributed by atoms with van der Waals surface area (Å²) in [6.07, 6.45) is -0.235. The Morgan fingerprint density at radius 2 is 2.39 bits per heavy atom. The van der Waals surface area contributed by atoms with Crippen molar-refractivity contribution >= 4 is 28.8 Å². The van der Waals surface area contributed by atoms with Crippen LogP contribution in [0.1, 0.15) is 5.56 Å². The first kappa shape index (κ1) is 13.7. The highest BCUT2D eigenvalue weighted by Crippen LogP contribution is 2.22. The number of halogens is 2. The van der Waals surface area contributed by atoms with E-state index in [1.165, 1.54) is 6.07 Å². The van der Waals surface area contributed by atoms with Gasteiger partial charge >= 0.3 is 0 Å². The summed E-state index contributed by atoms with van der Waals surface area (Å²) >= 11 is 10.8. The number of thiocarbonyl (C=S) groups is 1. The predicted molar refractivity (Wildman–Crippen MR) is 73.2 cm³/mol. The van der Waals surface area contributed by atoms with Crippen LogP contribution in [0.4, 0.5) is 4.39 Å². The lowest BCUT2D eigenvalue weighted by Crippen LogP contribution is -2.47. The molecular formula is C12H14ClFN2OS. The van der Waals surface area contributed by atoms with E-state index in [2.05, 4.69) is 4.90 Å². The van der Waals surface area contributed by atoms with Gasteiger partial charge in [-0.2, -0.15) is 0 Å². The third-order valence-electron chi connectivity index (χ3n) is 2.89. The molecule has 0 amide bonds. The molecule has 2 rings (SSSR count). The summed E-state index contributed by atoms with van der Waals surface area (Å²) in [6, 6.07) is 4.82. The van der Waals surface area contributed by atoms with Gasteiger partial charge in [-0.3, -0.25) is 4.90 Å². The summed E-state index contributed by atoms with van der Waals surface area (Å²) in [6.45, 7) is 2.50. The standard InChI is InChI=1S/C12H14ClFN2OS/c13-11-8(2-1-3-9(11)14)6-16-4-5-17-10(7-16)12(15)18/h1-3,10H,4-7H2,(H2,15,18). The van der Waals surface area contributed by atoms with Crippen molar-refractivity contribution in [2.24, 2.45) is 5.73 Å². The lowest BCUT2D eigenvalue weighted by Gasteiger charge is -2.32. The molecule has 18 heavy (non-hydrogen) atoms. The maximum absolute atomic E-state index is 13.3. The van der Waals surface area contributed by atoms with Crippen molar-refractivity contribution < 1.29 is 9.13 Å². The van der Waals surface area contributed by atoms with Gasteiger partial charge in [0.25, 0.3) is 0 Å². The van der Waals surface area contributed by atoms with Crippen molar-refractivity contribution in [2.45, 2.75) is 12.6 Å². The van der Waals surface area contributed by atoms with E-state index >= 15 is 0 Å². The SMILES string of the molecule is NC(=S)C1CN(Cc2cccc(F)c2Cl)CCO1. The molecule has 6 heteroatoms. The van der Waals surface area contributed by atoms with Gasteiger partial charge in [-0.1, -0.05) is 36.0 Å². The lowest BCUT2D eigenvalue weighted by atomic mass is 10.2. The number of hydrogen-bond donors (Lipinski definition) is 1. The maximum Gasteiger partial charge on any atom is 0.142 e. The number of nitrogens with zero attached hydrogens (tertiary/aromatic N) is 1. The number of morpholine rings is 1. The largest absolute Gasteiger partial charge is 0.391 e. The van der Waals surface area contributed by atoms with E-state index in [0.717, 1.165) is 12.1 Å². The van der Waals surface area contributed by atoms with E-state index in [-0.39, 0.29) is 11.1 Å². The monoisotopic (exact) mass is 288 g/mol. The molecule has 1 aromatic carbocycles. The van der Waals surface area contributed by atoms with Crippen LogP contribution in [-0.2, 0) is 11.3 Å². The molecular weight excluding hydrogens is 275 g/mol. The van der Waals surface area contributed by atoms with Crippen LogP contribution in [0, 0.1) is 5.82 Å². The average molecular weight is 289 g/mol. The fraction of sp³-hybridized carbons (Fsp3) is 0.417. The topological polar surface area (TPSA) is 38.5 Å². The Kier molecular flexibility index (Phi) is 4.50. The van der Waals surface area contributed by atoms with Crippen molar-refractivity contribution in [1.82, 2.24) is 4.90 Å². The Hall–Kier alpha value is -0.750. The van der Waals surface area contributed by atoms with Gasteiger partial charge < -0.3 is 10.5 Å². The van der Waals surface area contributed by atoms with Gasteiger partial charge in [-0.05, 0) is 11.6 Å². The van der Waals surface area contributed by atoms with Crippen molar-refractivity contribution in [3.8, 4) is 0 Å². The minimum absolute atomic E-state index is 0.177. The number of nitrogens with two attached hydrogens (primary N) is 1. The predicted octanol–water partition coefficient (Wildman–Crippen LogP) is 1.97. The smallest absolute Gasteiger partial charge is 0.142 e. The highest BCUT2D eigenvalue weighted by molar-refractivity contribution is 7.80. The molecule has 1 aliphatic rings. The van der Waals surface area contributed by atoms with Crippen molar-refractivity contribution in [1.29, 1.82) is 0 Å². The molecule has 0 aliphatic carbocycles. The van der Waals surface area contributed by atoms with Gasteiger partial charge in [0.15, 0.2) is 0 Å². The van der Waals surface area contributed by atoms with Gasteiger partial charge in [-0.25, -0.2) is 4.39 Å². The second-order valence-electron chi connectivity index (χ2n) is 4.21. The first-order valence-corrected chi connectivity index (χ1v) is 6.42. The van der Waals surface area contributed by atoms with E-state index < -0.39 is 5.82 Å². The lowest BCUT2D eigenvalue weighted by molar-refractivity contribution is 0.00389. The summed E-state index contributed by atoms with van der Waals surface area (Å²) < 4.78 is 18.8. The van der Waals surface area contributed by atoms with Gasteiger partial charge in [-0.15, -0.1) is 0 Å². The normalized spacial score (nSPS) is 20.9. The molecule has 1 atom stereocenters. The average Bonchev–Trinajstić information content (AvgIpc) is 2.35. The molecule has 1 heterocycles. The molecule has 1 unspecified atom stereocenters. The minimum Gasteiger partial charge on any atom is -0.391 e. The summed E-state index contributed by atoms with van der Waals surface area (Å²) in [5, 5.41) is 0.177. The van der Waals surface area contributed by atoms with E-state index in [1.807, 2.05) is 6.07 Å². The fourth-order valence-corrected chi connectivity index (χ4v) is 2.26. The van der Waals surface area contributed by atoms with Crippen molar-refractivity contribution in [3.05, 3.63) is 34.6 Å². The van der Waals surface area contributed by atoms with Gasteiger partial charge in [0.2, 0.25) is 0 Å². The minimum atomic E-state index is -0.395. The Bertz CT molecular complexity index is 458. The highest BCUT2D eigenvalue weighted by atomic mass is 35.5. The summed E-state index contributed by atoms with van der Waals surface area (Å²) in [5.74, 6) is -0.395. The molecule has 0 aromatic heterocycles. The van der Waals surface area contributed by atoms with Gasteiger partial charge in [0.1, 0.15) is 16.9 Å². The first-order chi connectivity index (χ1) is 8.58. The van der Waals surface area contributed by atoms with Crippen LogP contribution < -0.4 is 5.73 Å². The third-order valence-corrected chi connectivity index (χ3v) is 3.58. The second-order valence-corrected chi connectivity index (χ2v) is 5.06. The second kappa shape index (κ2) is 5.93. The van der Waals surface area contributed by atoms with Gasteiger partial charge in [0, 0.05) is 19.6 Å². The van der Waals surface area contributed by atoms with Crippen LogP contribution >= 0.6 is 23.8 Å². The summed E-state index contributed by atoms with van der Waals surface area (Å²) in [4.78, 5) is 2.46. The maximum atomic E-state index is 13.3. The van der Waals surface area contributed by atoms with Crippen molar-refractivity contribution in [2.75, 3.05) is 19.7 Å². The zero-order chi connectivity index (χ0) is 13.1. The molecule has 1 fully saturated rings. The Morgan fingerprint density at radius 1 is 1.61 bits per heavy atom. The Labute approximate surface area is 116 Å². The number of ether oxygens (including phenoxy) is 1. The molecule has 2 N–H and O–H groups in total.